The van der Waals surface area contributed by atoms with E-state index in [0.717, 1.165) is 11.0 Å². The molecule has 1 amide bonds. The van der Waals surface area contributed by atoms with Gasteiger partial charge in [-0.3, -0.25) is 14.0 Å². The molecular formula is C19H17N5O2S. The van der Waals surface area contributed by atoms with Gasteiger partial charge in [0.25, 0.3) is 0 Å². The Hall–Kier alpha value is -3.13. The van der Waals surface area contributed by atoms with Gasteiger partial charge in [0.05, 0.1) is 16.3 Å². The number of imidazole rings is 1. The van der Waals surface area contributed by atoms with Gasteiger partial charge in [0.1, 0.15) is 0 Å². The first-order valence-electron chi connectivity index (χ1n) is 8.43. The molecule has 0 bridgehead atoms. The first kappa shape index (κ1) is 17.3. The number of carbonyl (C=O) groups excluding carboxylic acids is 2. The van der Waals surface area contributed by atoms with Crippen molar-refractivity contribution in [2.75, 3.05) is 5.32 Å². The number of anilines is 1. The number of aromatic amines is 1. The van der Waals surface area contributed by atoms with Gasteiger partial charge in [-0.1, -0.05) is 23.9 Å². The quantitative estimate of drug-likeness (QED) is 0.409. The van der Waals surface area contributed by atoms with E-state index in [0.29, 0.717) is 22.2 Å². The normalized spacial score (nSPS) is 12.4. The van der Waals surface area contributed by atoms with Gasteiger partial charge in [0.15, 0.2) is 10.9 Å². The minimum atomic E-state index is -0.370. The number of aromatic nitrogens is 4. The van der Waals surface area contributed by atoms with Gasteiger partial charge < -0.3 is 5.32 Å². The van der Waals surface area contributed by atoms with Crippen molar-refractivity contribution < 1.29 is 9.59 Å². The number of carbonyl (C=O) groups is 2. The largest absolute Gasteiger partial charge is 0.325 e. The summed E-state index contributed by atoms with van der Waals surface area (Å²) in [6.07, 6.45) is 0. The lowest BCUT2D eigenvalue weighted by Crippen LogP contribution is -2.22. The lowest BCUT2D eigenvalue weighted by Gasteiger charge is -2.11. The van der Waals surface area contributed by atoms with E-state index in [1.165, 1.54) is 18.7 Å². The van der Waals surface area contributed by atoms with Gasteiger partial charge >= 0.3 is 0 Å². The summed E-state index contributed by atoms with van der Waals surface area (Å²) in [7, 11) is 0. The Morgan fingerprint density at radius 3 is 2.63 bits per heavy atom. The highest BCUT2D eigenvalue weighted by Crippen LogP contribution is 2.26. The van der Waals surface area contributed by atoms with Crippen LogP contribution in [-0.4, -0.2) is 36.5 Å². The lowest BCUT2D eigenvalue weighted by molar-refractivity contribution is -0.115. The Morgan fingerprint density at radius 2 is 1.89 bits per heavy atom. The number of rotatable bonds is 5. The summed E-state index contributed by atoms with van der Waals surface area (Å²) in [6, 6.07) is 14.6. The molecule has 27 heavy (non-hydrogen) atoms. The van der Waals surface area contributed by atoms with E-state index in [9.17, 15) is 9.59 Å². The molecule has 0 aliphatic carbocycles. The number of hydrogen-bond acceptors (Lipinski definition) is 5. The molecule has 4 rings (SSSR count). The van der Waals surface area contributed by atoms with Crippen molar-refractivity contribution in [2.24, 2.45) is 0 Å². The van der Waals surface area contributed by atoms with Crippen molar-refractivity contribution in [3.8, 4) is 0 Å². The molecule has 2 aromatic carbocycles. The van der Waals surface area contributed by atoms with Gasteiger partial charge in [-0.2, -0.15) is 0 Å². The minimum absolute atomic E-state index is 0.00749. The van der Waals surface area contributed by atoms with Crippen LogP contribution >= 0.6 is 11.8 Å². The van der Waals surface area contributed by atoms with Crippen LogP contribution in [0.25, 0.3) is 16.8 Å². The average Bonchev–Trinajstić information content (AvgIpc) is 3.22. The van der Waals surface area contributed by atoms with Gasteiger partial charge in [0, 0.05) is 11.3 Å². The molecule has 7 nitrogen and oxygen atoms in total. The van der Waals surface area contributed by atoms with E-state index in [4.69, 9.17) is 0 Å². The number of fused-ring (bicyclic) bond motifs is 3. The molecule has 0 spiro atoms. The topological polar surface area (TPSA) is 92.1 Å². The fourth-order valence-corrected chi connectivity index (χ4v) is 3.64. The van der Waals surface area contributed by atoms with E-state index >= 15 is 0 Å². The highest BCUT2D eigenvalue weighted by Gasteiger charge is 2.19. The molecule has 0 fully saturated rings. The van der Waals surface area contributed by atoms with Crippen molar-refractivity contribution in [3.05, 3.63) is 54.1 Å². The number of nitrogens with one attached hydrogen (secondary N) is 2. The predicted octanol–water partition coefficient (Wildman–Crippen LogP) is 3.53. The summed E-state index contributed by atoms with van der Waals surface area (Å²) in [6.45, 7) is 3.33. The van der Waals surface area contributed by atoms with Crippen LogP contribution in [0.1, 0.15) is 24.2 Å². The SMILES string of the molecule is CC(=O)c1ccc(NC(=O)[C@H](C)Sc2n[nH]c3nc4ccccc4n23)cc1. The van der Waals surface area contributed by atoms with Crippen LogP contribution in [0.2, 0.25) is 0 Å². The molecular weight excluding hydrogens is 362 g/mol. The zero-order valence-corrected chi connectivity index (χ0v) is 15.6. The van der Waals surface area contributed by atoms with Crippen LogP contribution in [0.5, 0.6) is 0 Å². The molecule has 0 saturated carbocycles. The molecule has 0 aliphatic heterocycles. The van der Waals surface area contributed by atoms with Crippen LogP contribution < -0.4 is 5.32 Å². The number of ketones is 1. The minimum Gasteiger partial charge on any atom is -0.325 e. The first-order chi connectivity index (χ1) is 13.0. The van der Waals surface area contributed by atoms with Crippen LogP contribution in [0.3, 0.4) is 0 Å². The number of Topliss-reactive ketones (excluding diaryl/α,β-unsaturated/α-hetero) is 1. The maximum atomic E-state index is 12.5. The van der Waals surface area contributed by atoms with Crippen molar-refractivity contribution in [1.29, 1.82) is 0 Å². The van der Waals surface area contributed by atoms with Gasteiger partial charge in [0.2, 0.25) is 11.7 Å². The summed E-state index contributed by atoms with van der Waals surface area (Å²) in [5.74, 6) is 0.495. The Balaban J connectivity index is 1.51. The van der Waals surface area contributed by atoms with Crippen molar-refractivity contribution in [3.63, 3.8) is 0 Å². The second kappa shape index (κ2) is 6.88. The fourth-order valence-electron chi connectivity index (χ4n) is 2.77. The zero-order valence-electron chi connectivity index (χ0n) is 14.8. The van der Waals surface area contributed by atoms with Gasteiger partial charge in [-0.25, -0.2) is 10.1 Å². The Kier molecular flexibility index (Phi) is 4.41. The Morgan fingerprint density at radius 1 is 1.15 bits per heavy atom. The second-order valence-electron chi connectivity index (χ2n) is 6.15. The number of para-hydroxylation sites is 2. The monoisotopic (exact) mass is 379 g/mol. The number of nitrogens with zero attached hydrogens (tertiary/aromatic N) is 3. The molecule has 2 aromatic heterocycles. The number of H-pyrrole nitrogens is 1. The summed E-state index contributed by atoms with van der Waals surface area (Å²) in [5.41, 5.74) is 3.07. The van der Waals surface area contributed by atoms with Crippen LogP contribution in [0.4, 0.5) is 5.69 Å². The average molecular weight is 379 g/mol. The summed E-state index contributed by atoms with van der Waals surface area (Å²) in [4.78, 5) is 28.4. The highest BCUT2D eigenvalue weighted by atomic mass is 32.2. The molecule has 0 unspecified atom stereocenters. The Bertz CT molecular complexity index is 1150. The summed E-state index contributed by atoms with van der Waals surface area (Å²) in [5, 5.41) is 10.4. The number of hydrogen-bond donors (Lipinski definition) is 2. The maximum absolute atomic E-state index is 12.5. The molecule has 136 valence electrons. The van der Waals surface area contributed by atoms with E-state index in [-0.39, 0.29) is 16.9 Å². The van der Waals surface area contributed by atoms with Gasteiger partial charge in [-0.05, 0) is 50.2 Å². The Labute approximate surface area is 159 Å². The number of thioether (sulfide) groups is 1. The standard InChI is InChI=1S/C19H17N5O2S/c1-11(25)13-7-9-14(10-8-13)20-17(26)12(2)27-19-23-22-18-21-15-5-3-4-6-16(15)24(18)19/h3-10,12H,1-2H3,(H,20,26)(H,21,22)/t12-/m0/s1. The van der Waals surface area contributed by atoms with Crippen molar-refractivity contribution >= 4 is 46.0 Å². The van der Waals surface area contributed by atoms with E-state index in [1.54, 1.807) is 24.3 Å². The smallest absolute Gasteiger partial charge is 0.237 e. The van der Waals surface area contributed by atoms with E-state index in [2.05, 4.69) is 20.5 Å². The molecule has 8 heteroatoms. The van der Waals surface area contributed by atoms with Crippen LogP contribution in [-0.2, 0) is 4.79 Å². The lowest BCUT2D eigenvalue weighted by atomic mass is 10.1. The molecule has 0 radical (unpaired) electrons. The maximum Gasteiger partial charge on any atom is 0.237 e. The third kappa shape index (κ3) is 3.31. The number of benzene rings is 2. The molecule has 0 aliphatic rings. The fraction of sp³-hybridized carbons (Fsp3) is 0.158. The predicted molar refractivity (Wildman–Crippen MR) is 105 cm³/mol. The van der Waals surface area contributed by atoms with Gasteiger partial charge in [-0.15, -0.1) is 5.10 Å². The van der Waals surface area contributed by atoms with Crippen LogP contribution in [0.15, 0.2) is 53.7 Å². The van der Waals surface area contributed by atoms with Crippen molar-refractivity contribution in [1.82, 2.24) is 19.6 Å². The first-order valence-corrected chi connectivity index (χ1v) is 9.31. The zero-order chi connectivity index (χ0) is 19.0. The summed E-state index contributed by atoms with van der Waals surface area (Å²) < 4.78 is 1.91. The molecule has 2 N–H and O–H groups in total. The second-order valence-corrected chi connectivity index (χ2v) is 7.46. The third-order valence-corrected chi connectivity index (χ3v) is 5.27. The molecule has 2 heterocycles. The van der Waals surface area contributed by atoms with E-state index in [1.807, 2.05) is 35.6 Å². The summed E-state index contributed by atoms with van der Waals surface area (Å²) >= 11 is 1.35. The third-order valence-electron chi connectivity index (χ3n) is 4.21. The molecule has 0 saturated heterocycles. The van der Waals surface area contributed by atoms with Crippen molar-refractivity contribution in [2.45, 2.75) is 24.3 Å². The highest BCUT2D eigenvalue weighted by molar-refractivity contribution is 8.00. The number of amides is 1. The van der Waals surface area contributed by atoms with Crippen LogP contribution in [0, 0.1) is 0 Å². The van der Waals surface area contributed by atoms with E-state index < -0.39 is 0 Å². The molecule has 1 atom stereocenters. The molecule has 4 aromatic rings.